The Bertz CT molecular complexity index is 555. The minimum Gasteiger partial charge on any atom is -0.339 e. The Morgan fingerprint density at radius 1 is 1.32 bits per heavy atom. The van der Waals surface area contributed by atoms with E-state index in [1.54, 1.807) is 11.0 Å². The van der Waals surface area contributed by atoms with Crippen LogP contribution in [0, 0.1) is 0 Å². The lowest BCUT2D eigenvalue weighted by Crippen LogP contribution is -2.34. The van der Waals surface area contributed by atoms with Crippen LogP contribution >= 0.6 is 12.4 Å². The van der Waals surface area contributed by atoms with E-state index in [2.05, 4.69) is 0 Å². The van der Waals surface area contributed by atoms with Crippen molar-refractivity contribution < 1.29 is 18.0 Å². The van der Waals surface area contributed by atoms with E-state index in [0.717, 1.165) is 18.1 Å². The van der Waals surface area contributed by atoms with Gasteiger partial charge < -0.3 is 4.90 Å². The van der Waals surface area contributed by atoms with Crippen molar-refractivity contribution >= 4 is 23.9 Å². The number of hydrogen-bond donors (Lipinski definition) is 0. The van der Waals surface area contributed by atoms with Crippen LogP contribution in [-0.4, -0.2) is 23.9 Å². The molecule has 0 aliphatic carbocycles. The molecule has 0 bridgehead atoms. The van der Waals surface area contributed by atoms with E-state index < -0.39 is 11.7 Å². The Labute approximate surface area is 134 Å². The van der Waals surface area contributed by atoms with Gasteiger partial charge in [0.25, 0.3) is 0 Å². The molecule has 1 heterocycles. The highest BCUT2D eigenvalue weighted by atomic mass is 35.5. The first-order valence-corrected chi connectivity index (χ1v) is 7.06. The number of alkyl halides is 3. The lowest BCUT2D eigenvalue weighted by atomic mass is 9.97. The number of nitrogens with zero attached hydrogens (tertiary/aromatic N) is 1. The zero-order valence-corrected chi connectivity index (χ0v) is 13.1. The summed E-state index contributed by atoms with van der Waals surface area (Å²) in [4.78, 5) is 13.5. The summed E-state index contributed by atoms with van der Waals surface area (Å²) < 4.78 is 38.1. The molecule has 122 valence electrons. The molecule has 0 fully saturated rings. The summed E-state index contributed by atoms with van der Waals surface area (Å²) >= 11 is 0. The first-order valence-electron chi connectivity index (χ1n) is 7.06. The largest absolute Gasteiger partial charge is 0.416 e. The average Bonchev–Trinajstić information content (AvgIpc) is 2.47. The molecule has 1 aliphatic rings. The zero-order valence-electron chi connectivity index (χ0n) is 12.3. The van der Waals surface area contributed by atoms with Gasteiger partial charge in [0.05, 0.1) is 5.56 Å². The van der Waals surface area contributed by atoms with Crippen LogP contribution in [-0.2, 0) is 11.0 Å². The van der Waals surface area contributed by atoms with Crippen LogP contribution in [0.2, 0.25) is 0 Å². The predicted molar refractivity (Wildman–Crippen MR) is 82.8 cm³/mol. The molecule has 0 saturated carbocycles. The number of benzene rings is 1. The first-order chi connectivity index (χ1) is 9.91. The average molecular weight is 334 g/mol. The second kappa shape index (κ2) is 7.68. The number of hydrogen-bond acceptors (Lipinski definition) is 1. The van der Waals surface area contributed by atoms with Crippen molar-refractivity contribution in [1.29, 1.82) is 0 Å². The summed E-state index contributed by atoms with van der Waals surface area (Å²) in [5.74, 6) is 0.108. The summed E-state index contributed by atoms with van der Waals surface area (Å²) in [6, 6.07) is 5.36. The fraction of sp³-hybridized carbons (Fsp3) is 0.438. The quantitative estimate of drug-likeness (QED) is 0.795. The van der Waals surface area contributed by atoms with Crippen molar-refractivity contribution in [2.75, 3.05) is 13.1 Å². The molecule has 0 aromatic heterocycles. The third-order valence-electron chi connectivity index (χ3n) is 3.59. The fourth-order valence-electron chi connectivity index (χ4n) is 2.43. The summed E-state index contributed by atoms with van der Waals surface area (Å²) in [5, 5.41) is 0. The van der Waals surface area contributed by atoms with Gasteiger partial charge >= 0.3 is 6.18 Å². The van der Waals surface area contributed by atoms with Gasteiger partial charge in [-0.2, -0.15) is 13.2 Å². The number of halogens is 4. The van der Waals surface area contributed by atoms with Gasteiger partial charge in [0.1, 0.15) is 0 Å². The van der Waals surface area contributed by atoms with Gasteiger partial charge in [0.2, 0.25) is 5.91 Å². The monoisotopic (exact) mass is 333 g/mol. The van der Waals surface area contributed by atoms with Crippen LogP contribution in [0.5, 0.6) is 0 Å². The number of rotatable bonds is 3. The summed E-state index contributed by atoms with van der Waals surface area (Å²) in [5.41, 5.74) is 0.833. The van der Waals surface area contributed by atoms with Gasteiger partial charge in [-0.1, -0.05) is 25.1 Å². The van der Waals surface area contributed by atoms with Crippen molar-refractivity contribution in [2.24, 2.45) is 0 Å². The van der Waals surface area contributed by atoms with Crippen LogP contribution in [0.4, 0.5) is 13.2 Å². The second-order valence-electron chi connectivity index (χ2n) is 5.15. The smallest absolute Gasteiger partial charge is 0.339 e. The Balaban J connectivity index is 0.00000242. The fourth-order valence-corrected chi connectivity index (χ4v) is 2.43. The Kier molecular flexibility index (Phi) is 6.48. The van der Waals surface area contributed by atoms with E-state index >= 15 is 0 Å². The van der Waals surface area contributed by atoms with Gasteiger partial charge in [-0.15, -0.1) is 12.4 Å². The molecular formula is C16H19ClF3NO. The normalized spacial score (nSPS) is 15.1. The predicted octanol–water partition coefficient (Wildman–Crippen LogP) is 4.54. The number of carbonyl (C=O) groups is 1. The Morgan fingerprint density at radius 2 is 2.05 bits per heavy atom. The minimum absolute atomic E-state index is 0. The van der Waals surface area contributed by atoms with Crippen LogP contribution in [0.15, 0.2) is 30.3 Å². The standard InChI is InChI=1S/C16H18F3NO.ClH/c1-2-4-15(21)20-9-7-12(8-10-20)13-5-3-6-14(11-13)16(17,18)19;/h3,5-7,11H,2,4,8-10H2,1H3;1H. The van der Waals surface area contributed by atoms with Gasteiger partial charge in [0.15, 0.2) is 0 Å². The molecular weight excluding hydrogens is 315 g/mol. The van der Waals surface area contributed by atoms with Crippen molar-refractivity contribution in [2.45, 2.75) is 32.4 Å². The minimum atomic E-state index is -4.33. The summed E-state index contributed by atoms with van der Waals surface area (Å²) in [6.45, 7) is 3.00. The molecule has 1 aliphatic heterocycles. The van der Waals surface area contributed by atoms with E-state index in [9.17, 15) is 18.0 Å². The molecule has 6 heteroatoms. The van der Waals surface area contributed by atoms with Crippen molar-refractivity contribution in [3.63, 3.8) is 0 Å². The van der Waals surface area contributed by atoms with Crippen molar-refractivity contribution in [3.8, 4) is 0 Å². The summed E-state index contributed by atoms with van der Waals surface area (Å²) in [6.07, 6.45) is -0.552. The van der Waals surface area contributed by atoms with Crippen LogP contribution in [0.1, 0.15) is 37.3 Å². The molecule has 22 heavy (non-hydrogen) atoms. The first kappa shape index (κ1) is 18.6. The number of carbonyl (C=O) groups excluding carboxylic acids is 1. The molecule has 0 saturated heterocycles. The van der Waals surface area contributed by atoms with Crippen LogP contribution in [0.3, 0.4) is 0 Å². The van der Waals surface area contributed by atoms with Gasteiger partial charge in [-0.05, 0) is 36.1 Å². The van der Waals surface area contributed by atoms with Crippen LogP contribution in [0.25, 0.3) is 5.57 Å². The molecule has 0 unspecified atom stereocenters. The maximum atomic E-state index is 12.7. The molecule has 2 nitrogen and oxygen atoms in total. The second-order valence-corrected chi connectivity index (χ2v) is 5.15. The van der Waals surface area contributed by atoms with E-state index in [-0.39, 0.29) is 18.3 Å². The molecule has 1 amide bonds. The highest BCUT2D eigenvalue weighted by Crippen LogP contribution is 2.32. The molecule has 1 aromatic rings. The van der Waals surface area contributed by atoms with Crippen molar-refractivity contribution in [1.82, 2.24) is 4.90 Å². The third-order valence-corrected chi connectivity index (χ3v) is 3.59. The molecule has 1 aromatic carbocycles. The van der Waals surface area contributed by atoms with Crippen LogP contribution < -0.4 is 0 Å². The highest BCUT2D eigenvalue weighted by molar-refractivity contribution is 5.85. The Morgan fingerprint density at radius 3 is 2.59 bits per heavy atom. The Hall–Kier alpha value is -1.49. The van der Waals surface area contributed by atoms with E-state index in [1.807, 2.05) is 13.0 Å². The topological polar surface area (TPSA) is 20.3 Å². The molecule has 0 spiro atoms. The van der Waals surface area contributed by atoms with Gasteiger partial charge in [0, 0.05) is 19.5 Å². The number of amides is 1. The SMILES string of the molecule is CCCC(=O)N1CC=C(c2cccc(C(F)(F)F)c2)CC1.Cl. The lowest BCUT2D eigenvalue weighted by molar-refractivity contribution is -0.137. The van der Waals surface area contributed by atoms with E-state index in [4.69, 9.17) is 0 Å². The molecule has 0 N–H and O–H groups in total. The van der Waals surface area contributed by atoms with E-state index in [0.29, 0.717) is 31.5 Å². The highest BCUT2D eigenvalue weighted by Gasteiger charge is 2.30. The third kappa shape index (κ3) is 4.50. The van der Waals surface area contributed by atoms with Crippen molar-refractivity contribution in [3.05, 3.63) is 41.5 Å². The lowest BCUT2D eigenvalue weighted by Gasteiger charge is -2.27. The molecule has 2 rings (SSSR count). The molecule has 0 radical (unpaired) electrons. The maximum absolute atomic E-state index is 12.7. The zero-order chi connectivity index (χ0) is 15.5. The molecule has 0 atom stereocenters. The maximum Gasteiger partial charge on any atom is 0.416 e. The van der Waals surface area contributed by atoms with E-state index in [1.165, 1.54) is 12.1 Å². The van der Waals surface area contributed by atoms with Gasteiger partial charge in [-0.3, -0.25) is 4.79 Å². The van der Waals surface area contributed by atoms with Gasteiger partial charge in [-0.25, -0.2) is 0 Å². The summed E-state index contributed by atoms with van der Waals surface area (Å²) in [7, 11) is 0.